The van der Waals surface area contributed by atoms with Crippen LogP contribution in [0.3, 0.4) is 0 Å². The van der Waals surface area contributed by atoms with E-state index >= 15 is 0 Å². The van der Waals surface area contributed by atoms with E-state index in [2.05, 4.69) is 10.6 Å². The van der Waals surface area contributed by atoms with E-state index in [1.165, 1.54) is 0 Å². The quantitative estimate of drug-likeness (QED) is 0.732. The van der Waals surface area contributed by atoms with E-state index in [9.17, 15) is 13.6 Å². The molecule has 1 saturated heterocycles. The molecule has 1 unspecified atom stereocenters. The summed E-state index contributed by atoms with van der Waals surface area (Å²) in [5, 5.41) is 4.98. The highest BCUT2D eigenvalue weighted by Crippen LogP contribution is 2.10. The van der Waals surface area contributed by atoms with Gasteiger partial charge in [0.25, 0.3) is 6.43 Å². The minimum atomic E-state index is -2.49. The number of alkyl halides is 2. The van der Waals surface area contributed by atoms with Crippen molar-refractivity contribution in [2.45, 2.75) is 25.4 Å². The van der Waals surface area contributed by atoms with Crippen molar-refractivity contribution in [1.29, 1.82) is 0 Å². The third kappa shape index (κ3) is 6.92. The van der Waals surface area contributed by atoms with Gasteiger partial charge < -0.3 is 15.4 Å². The Balaban J connectivity index is 0.00000225. The fraction of sp³-hybridized carbons (Fsp3) is 0.889. The van der Waals surface area contributed by atoms with Crippen molar-refractivity contribution in [3.63, 3.8) is 0 Å². The van der Waals surface area contributed by atoms with Crippen molar-refractivity contribution in [1.82, 2.24) is 10.6 Å². The molecule has 0 aliphatic carbocycles. The molecule has 0 radical (unpaired) electrons. The Morgan fingerprint density at radius 1 is 1.50 bits per heavy atom. The Morgan fingerprint density at radius 2 is 2.25 bits per heavy atom. The lowest BCUT2D eigenvalue weighted by atomic mass is 10.2. The highest BCUT2D eigenvalue weighted by molar-refractivity contribution is 5.85. The maximum atomic E-state index is 11.7. The summed E-state index contributed by atoms with van der Waals surface area (Å²) in [6, 6.07) is 0. The van der Waals surface area contributed by atoms with Gasteiger partial charge in [-0.25, -0.2) is 8.78 Å². The molecule has 96 valence electrons. The first-order valence-corrected chi connectivity index (χ1v) is 5.05. The van der Waals surface area contributed by atoms with Gasteiger partial charge >= 0.3 is 0 Å². The molecule has 0 aromatic heterocycles. The average Bonchev–Trinajstić information content (AvgIpc) is 2.67. The molecule has 7 heteroatoms. The van der Waals surface area contributed by atoms with Crippen molar-refractivity contribution >= 4 is 18.3 Å². The maximum absolute atomic E-state index is 11.7. The molecule has 0 aromatic rings. The first kappa shape index (κ1) is 15.5. The van der Waals surface area contributed by atoms with Gasteiger partial charge in [-0.1, -0.05) is 0 Å². The third-order valence-electron chi connectivity index (χ3n) is 2.14. The van der Waals surface area contributed by atoms with Gasteiger partial charge in [0.15, 0.2) is 0 Å². The van der Waals surface area contributed by atoms with E-state index in [0.717, 1.165) is 19.4 Å². The van der Waals surface area contributed by atoms with E-state index in [1.54, 1.807) is 0 Å². The van der Waals surface area contributed by atoms with Crippen LogP contribution in [0.4, 0.5) is 8.78 Å². The van der Waals surface area contributed by atoms with Gasteiger partial charge in [0.2, 0.25) is 5.91 Å². The summed E-state index contributed by atoms with van der Waals surface area (Å²) < 4.78 is 28.7. The summed E-state index contributed by atoms with van der Waals surface area (Å²) in [7, 11) is 0. The van der Waals surface area contributed by atoms with E-state index in [0.29, 0.717) is 6.54 Å². The highest BCUT2D eigenvalue weighted by Gasteiger charge is 2.15. The predicted molar refractivity (Wildman–Crippen MR) is 58.1 cm³/mol. The number of halogens is 3. The fourth-order valence-corrected chi connectivity index (χ4v) is 1.41. The summed E-state index contributed by atoms with van der Waals surface area (Å²) >= 11 is 0. The van der Waals surface area contributed by atoms with Gasteiger partial charge in [-0.05, 0) is 12.8 Å². The first-order valence-electron chi connectivity index (χ1n) is 5.05. The summed E-state index contributed by atoms with van der Waals surface area (Å²) in [6.45, 7) is 0.846. The molecule has 0 saturated carbocycles. The molecule has 1 fully saturated rings. The topological polar surface area (TPSA) is 50.4 Å². The highest BCUT2D eigenvalue weighted by atomic mass is 35.5. The van der Waals surface area contributed by atoms with Crippen molar-refractivity contribution < 1.29 is 18.3 Å². The second kappa shape index (κ2) is 8.66. The minimum absolute atomic E-state index is 0. The summed E-state index contributed by atoms with van der Waals surface area (Å²) in [6.07, 6.45) is -0.296. The van der Waals surface area contributed by atoms with Crippen LogP contribution in [-0.4, -0.2) is 44.7 Å². The van der Waals surface area contributed by atoms with Gasteiger partial charge in [-0.3, -0.25) is 4.79 Å². The number of amides is 1. The van der Waals surface area contributed by atoms with Gasteiger partial charge in [0, 0.05) is 13.2 Å². The average molecular weight is 259 g/mol. The van der Waals surface area contributed by atoms with E-state index < -0.39 is 18.9 Å². The van der Waals surface area contributed by atoms with E-state index in [-0.39, 0.29) is 25.1 Å². The smallest absolute Gasteiger partial charge is 0.255 e. The van der Waals surface area contributed by atoms with Crippen LogP contribution in [0.25, 0.3) is 0 Å². The van der Waals surface area contributed by atoms with Crippen molar-refractivity contribution in [2.75, 3.05) is 26.2 Å². The zero-order valence-electron chi connectivity index (χ0n) is 8.88. The van der Waals surface area contributed by atoms with Gasteiger partial charge in [0.05, 0.1) is 19.2 Å². The zero-order valence-corrected chi connectivity index (χ0v) is 9.69. The number of rotatable bonds is 6. The van der Waals surface area contributed by atoms with Crippen LogP contribution in [0.5, 0.6) is 0 Å². The lowest BCUT2D eigenvalue weighted by Crippen LogP contribution is -2.38. The van der Waals surface area contributed by atoms with E-state index in [1.807, 2.05) is 0 Å². The zero-order chi connectivity index (χ0) is 11.1. The number of hydrogen-bond acceptors (Lipinski definition) is 3. The molecule has 1 rings (SSSR count). The van der Waals surface area contributed by atoms with Crippen LogP contribution in [0.15, 0.2) is 0 Å². The monoisotopic (exact) mass is 258 g/mol. The van der Waals surface area contributed by atoms with Crippen LogP contribution in [0.1, 0.15) is 12.8 Å². The molecule has 16 heavy (non-hydrogen) atoms. The molecule has 2 N–H and O–H groups in total. The Labute approximate surface area is 99.5 Å². The van der Waals surface area contributed by atoms with Gasteiger partial charge in [-0.2, -0.15) is 0 Å². The second-order valence-corrected chi connectivity index (χ2v) is 3.46. The Hall–Kier alpha value is -0.460. The standard InChI is InChI=1S/C9H16F2N2O2.ClH/c10-8(11)5-13-9(14)6-12-4-7-2-1-3-15-7;/h7-8,12H,1-6H2,(H,13,14);1H. The number of carbonyl (C=O) groups excluding carboxylic acids is 1. The molecule has 1 amide bonds. The van der Waals surface area contributed by atoms with Crippen LogP contribution in [0.2, 0.25) is 0 Å². The maximum Gasteiger partial charge on any atom is 0.255 e. The Kier molecular flexibility index (Phi) is 8.42. The fourth-order valence-electron chi connectivity index (χ4n) is 1.41. The second-order valence-electron chi connectivity index (χ2n) is 3.46. The molecule has 1 heterocycles. The molecule has 0 bridgehead atoms. The van der Waals surface area contributed by atoms with Crippen molar-refractivity contribution in [3.05, 3.63) is 0 Å². The van der Waals surface area contributed by atoms with Crippen LogP contribution in [-0.2, 0) is 9.53 Å². The summed E-state index contributed by atoms with van der Waals surface area (Å²) in [5.74, 6) is -0.409. The molecule has 4 nitrogen and oxygen atoms in total. The Bertz CT molecular complexity index is 202. The SMILES string of the molecule is Cl.O=C(CNCC1CCCO1)NCC(F)F. The first-order chi connectivity index (χ1) is 7.18. The molecule has 0 spiro atoms. The number of carbonyl (C=O) groups is 1. The normalized spacial score (nSPS) is 19.6. The molecule has 1 atom stereocenters. The lowest BCUT2D eigenvalue weighted by molar-refractivity contribution is -0.120. The van der Waals surface area contributed by atoms with Crippen molar-refractivity contribution in [3.8, 4) is 0 Å². The van der Waals surface area contributed by atoms with Crippen LogP contribution < -0.4 is 10.6 Å². The molecule has 1 aliphatic heterocycles. The van der Waals surface area contributed by atoms with E-state index in [4.69, 9.17) is 4.74 Å². The third-order valence-corrected chi connectivity index (χ3v) is 2.14. The van der Waals surface area contributed by atoms with Crippen LogP contribution >= 0.6 is 12.4 Å². The van der Waals surface area contributed by atoms with Gasteiger partial charge in [0.1, 0.15) is 0 Å². The summed E-state index contributed by atoms with van der Waals surface area (Å²) in [4.78, 5) is 11.0. The number of hydrogen-bond donors (Lipinski definition) is 2. The lowest BCUT2D eigenvalue weighted by Gasteiger charge is -2.10. The number of nitrogens with one attached hydrogen (secondary N) is 2. The predicted octanol–water partition coefficient (Wildman–Crippen LogP) is 0.558. The van der Waals surface area contributed by atoms with Gasteiger partial charge in [-0.15, -0.1) is 12.4 Å². The van der Waals surface area contributed by atoms with Crippen molar-refractivity contribution in [2.24, 2.45) is 0 Å². The van der Waals surface area contributed by atoms with Crippen LogP contribution in [0, 0.1) is 0 Å². The molecular formula is C9H17ClF2N2O2. The summed E-state index contributed by atoms with van der Waals surface area (Å²) in [5.41, 5.74) is 0. The molecule has 1 aliphatic rings. The minimum Gasteiger partial charge on any atom is -0.377 e. The number of ether oxygens (including phenoxy) is 1. The Morgan fingerprint density at radius 3 is 2.81 bits per heavy atom. The molecular weight excluding hydrogens is 242 g/mol. The largest absolute Gasteiger partial charge is 0.377 e. The molecule has 0 aromatic carbocycles.